The molecule has 1 atom stereocenters. The van der Waals surface area contributed by atoms with Gasteiger partial charge in [-0.25, -0.2) is 9.97 Å². The smallest absolute Gasteiger partial charge is 0.247 e. The number of hydrogen-bond acceptors (Lipinski definition) is 8. The summed E-state index contributed by atoms with van der Waals surface area (Å²) in [6.07, 6.45) is 4.63. The second-order valence-electron chi connectivity index (χ2n) is 9.49. The number of benzene rings is 2. The average Bonchev–Trinajstić information content (AvgIpc) is 3.30. The quantitative estimate of drug-likeness (QED) is 0.358. The SMILES string of the molecule is C=CC(=O)Nc1cc(Nc2cc(-c3ccc4c(cnn4C)c3)ncn2)c(OC)cc1N1CCN(C)[C@@H](C)C1. The molecule has 0 saturated carbocycles. The van der Waals surface area contributed by atoms with E-state index in [0.717, 1.165) is 47.5 Å². The molecule has 0 spiro atoms. The Labute approximate surface area is 221 Å². The molecule has 196 valence electrons. The zero-order valence-electron chi connectivity index (χ0n) is 22.1. The van der Waals surface area contributed by atoms with E-state index in [0.29, 0.717) is 29.0 Å². The third-order valence-electron chi connectivity index (χ3n) is 7.03. The molecule has 1 aliphatic heterocycles. The van der Waals surface area contributed by atoms with Crippen LogP contribution in [-0.4, -0.2) is 70.4 Å². The van der Waals surface area contributed by atoms with E-state index in [9.17, 15) is 4.79 Å². The summed E-state index contributed by atoms with van der Waals surface area (Å²) < 4.78 is 7.60. The molecule has 0 unspecified atom stereocenters. The fourth-order valence-corrected chi connectivity index (χ4v) is 4.69. The summed E-state index contributed by atoms with van der Waals surface area (Å²) in [6.45, 7) is 8.40. The van der Waals surface area contributed by atoms with Crippen molar-refractivity contribution in [3.63, 3.8) is 0 Å². The number of aryl methyl sites for hydroxylation is 1. The highest BCUT2D eigenvalue weighted by Gasteiger charge is 2.24. The third-order valence-corrected chi connectivity index (χ3v) is 7.03. The lowest BCUT2D eigenvalue weighted by Gasteiger charge is -2.39. The molecule has 3 heterocycles. The summed E-state index contributed by atoms with van der Waals surface area (Å²) in [6, 6.07) is 12.2. The minimum Gasteiger partial charge on any atom is -0.494 e. The molecule has 1 saturated heterocycles. The van der Waals surface area contributed by atoms with Crippen LogP contribution in [0.5, 0.6) is 5.75 Å². The predicted molar refractivity (Wildman–Crippen MR) is 151 cm³/mol. The van der Waals surface area contributed by atoms with Crippen LogP contribution in [0, 0.1) is 0 Å². The average molecular weight is 513 g/mol. The number of likely N-dealkylation sites (N-methyl/N-ethyl adjacent to an activating group) is 1. The van der Waals surface area contributed by atoms with Gasteiger partial charge in [-0.3, -0.25) is 9.48 Å². The van der Waals surface area contributed by atoms with Gasteiger partial charge in [-0.1, -0.05) is 12.6 Å². The van der Waals surface area contributed by atoms with E-state index in [4.69, 9.17) is 4.74 Å². The molecule has 10 heteroatoms. The van der Waals surface area contributed by atoms with Crippen LogP contribution in [0.1, 0.15) is 6.92 Å². The molecule has 1 amide bonds. The van der Waals surface area contributed by atoms with Gasteiger partial charge < -0.3 is 25.2 Å². The van der Waals surface area contributed by atoms with Gasteiger partial charge in [0.2, 0.25) is 5.91 Å². The predicted octanol–water partition coefficient (Wildman–Crippen LogP) is 4.05. The first-order chi connectivity index (χ1) is 18.4. The van der Waals surface area contributed by atoms with Gasteiger partial charge in [0, 0.05) is 55.8 Å². The van der Waals surface area contributed by atoms with Crippen LogP contribution < -0.4 is 20.3 Å². The Morgan fingerprint density at radius 1 is 1.13 bits per heavy atom. The van der Waals surface area contributed by atoms with Gasteiger partial charge in [0.05, 0.1) is 41.6 Å². The first kappa shape index (κ1) is 25.2. The van der Waals surface area contributed by atoms with Crippen LogP contribution in [0.2, 0.25) is 0 Å². The number of amides is 1. The Hall–Kier alpha value is -4.44. The number of carbonyl (C=O) groups excluding carboxylic acids is 1. The fourth-order valence-electron chi connectivity index (χ4n) is 4.69. The van der Waals surface area contributed by atoms with Crippen LogP contribution in [0.25, 0.3) is 22.2 Å². The van der Waals surface area contributed by atoms with Gasteiger partial charge in [-0.15, -0.1) is 0 Å². The number of piperazine rings is 1. The van der Waals surface area contributed by atoms with E-state index in [2.05, 4.69) is 62.1 Å². The molecule has 0 bridgehead atoms. The summed E-state index contributed by atoms with van der Waals surface area (Å²) in [5, 5.41) is 11.7. The van der Waals surface area contributed by atoms with Crippen LogP contribution in [0.3, 0.4) is 0 Å². The minimum atomic E-state index is -0.278. The normalized spacial score (nSPS) is 15.9. The lowest BCUT2D eigenvalue weighted by atomic mass is 10.1. The number of hydrogen-bond donors (Lipinski definition) is 2. The van der Waals surface area contributed by atoms with Crippen molar-refractivity contribution in [2.75, 3.05) is 49.3 Å². The number of methoxy groups -OCH3 is 1. The molecular formula is C28H32N8O2. The van der Waals surface area contributed by atoms with Crippen LogP contribution in [0.15, 0.2) is 61.6 Å². The molecular weight excluding hydrogens is 480 g/mol. The Kier molecular flexibility index (Phi) is 6.97. The summed E-state index contributed by atoms with van der Waals surface area (Å²) in [7, 11) is 5.68. The monoisotopic (exact) mass is 512 g/mol. The number of carbonyl (C=O) groups is 1. The van der Waals surface area contributed by atoms with Crippen molar-refractivity contribution >= 4 is 39.7 Å². The van der Waals surface area contributed by atoms with Gasteiger partial charge in [0.1, 0.15) is 17.9 Å². The van der Waals surface area contributed by atoms with E-state index >= 15 is 0 Å². The van der Waals surface area contributed by atoms with E-state index in [1.807, 2.05) is 48.3 Å². The lowest BCUT2D eigenvalue weighted by Crippen LogP contribution is -2.50. The number of rotatable bonds is 7. The molecule has 1 fully saturated rings. The molecule has 2 N–H and O–H groups in total. The molecule has 0 aliphatic carbocycles. The lowest BCUT2D eigenvalue weighted by molar-refractivity contribution is -0.111. The van der Waals surface area contributed by atoms with Gasteiger partial charge in [0.15, 0.2) is 0 Å². The number of fused-ring (bicyclic) bond motifs is 1. The maximum Gasteiger partial charge on any atom is 0.247 e. The Balaban J connectivity index is 1.48. The van der Waals surface area contributed by atoms with E-state index in [1.54, 1.807) is 7.11 Å². The summed E-state index contributed by atoms with van der Waals surface area (Å²) in [5.74, 6) is 0.960. The molecule has 38 heavy (non-hydrogen) atoms. The van der Waals surface area contributed by atoms with E-state index in [-0.39, 0.29) is 5.91 Å². The first-order valence-electron chi connectivity index (χ1n) is 12.5. The van der Waals surface area contributed by atoms with Crippen molar-refractivity contribution in [1.29, 1.82) is 0 Å². The fraction of sp³-hybridized carbons (Fsp3) is 0.286. The Morgan fingerprint density at radius 3 is 2.74 bits per heavy atom. The van der Waals surface area contributed by atoms with E-state index < -0.39 is 0 Å². The Morgan fingerprint density at radius 2 is 1.97 bits per heavy atom. The Bertz CT molecular complexity index is 1500. The topological polar surface area (TPSA) is 100 Å². The highest BCUT2D eigenvalue weighted by molar-refractivity contribution is 6.02. The molecule has 1 aliphatic rings. The number of nitrogens with one attached hydrogen (secondary N) is 2. The second-order valence-corrected chi connectivity index (χ2v) is 9.49. The molecule has 2 aromatic heterocycles. The van der Waals surface area contributed by atoms with Crippen molar-refractivity contribution in [2.24, 2.45) is 7.05 Å². The number of aromatic nitrogens is 4. The largest absolute Gasteiger partial charge is 0.494 e. The molecule has 4 aromatic rings. The van der Waals surface area contributed by atoms with Gasteiger partial charge >= 0.3 is 0 Å². The number of ether oxygens (including phenoxy) is 1. The zero-order valence-corrected chi connectivity index (χ0v) is 22.1. The molecule has 5 rings (SSSR count). The second kappa shape index (κ2) is 10.5. The summed E-state index contributed by atoms with van der Waals surface area (Å²) in [5.41, 5.74) is 5.03. The van der Waals surface area contributed by atoms with Gasteiger partial charge in [-0.05, 0) is 38.2 Å². The summed E-state index contributed by atoms with van der Waals surface area (Å²) in [4.78, 5) is 25.8. The first-order valence-corrected chi connectivity index (χ1v) is 12.5. The zero-order chi connectivity index (χ0) is 26.8. The van der Waals surface area contributed by atoms with Crippen molar-refractivity contribution < 1.29 is 9.53 Å². The van der Waals surface area contributed by atoms with Crippen LogP contribution in [0.4, 0.5) is 22.9 Å². The van der Waals surface area contributed by atoms with Crippen molar-refractivity contribution in [3.05, 3.63) is 61.6 Å². The molecule has 2 aromatic carbocycles. The van der Waals surface area contributed by atoms with Gasteiger partial charge in [-0.2, -0.15) is 5.10 Å². The van der Waals surface area contributed by atoms with Crippen LogP contribution in [-0.2, 0) is 11.8 Å². The molecule has 0 radical (unpaired) electrons. The summed E-state index contributed by atoms with van der Waals surface area (Å²) >= 11 is 0. The van der Waals surface area contributed by atoms with E-state index in [1.165, 1.54) is 12.4 Å². The number of anilines is 4. The third kappa shape index (κ3) is 5.03. The van der Waals surface area contributed by atoms with Crippen molar-refractivity contribution in [2.45, 2.75) is 13.0 Å². The maximum atomic E-state index is 12.3. The molecule has 10 nitrogen and oxygen atoms in total. The van der Waals surface area contributed by atoms with Crippen LogP contribution >= 0.6 is 0 Å². The minimum absolute atomic E-state index is 0.278. The van der Waals surface area contributed by atoms with Crippen molar-refractivity contribution in [3.8, 4) is 17.0 Å². The highest BCUT2D eigenvalue weighted by atomic mass is 16.5. The van der Waals surface area contributed by atoms with Crippen molar-refractivity contribution in [1.82, 2.24) is 24.6 Å². The standard InChI is InChI=1S/C28H32N8O2/c1-6-28(37)33-22-12-23(26(38-5)14-25(22)36-10-9-34(3)18(2)16-36)32-27-13-21(29-17-30-27)19-7-8-24-20(11-19)15-31-35(24)4/h6-8,11-15,17-18H,1,9-10,16H2,2-5H3,(H,33,37)(H,29,30,32)/t18-/m0/s1. The maximum absolute atomic E-state index is 12.3. The van der Waals surface area contributed by atoms with Gasteiger partial charge in [0.25, 0.3) is 0 Å². The number of nitrogens with zero attached hydrogens (tertiary/aromatic N) is 6. The highest BCUT2D eigenvalue weighted by Crippen LogP contribution is 2.39.